The highest BCUT2D eigenvalue weighted by molar-refractivity contribution is 7.46. The number of ether oxygens (including phenoxy) is 1. The zero-order valence-corrected chi connectivity index (χ0v) is 11.5. The molecule has 6 nitrogen and oxygen atoms in total. The second-order valence-electron chi connectivity index (χ2n) is 3.87. The van der Waals surface area contributed by atoms with Crippen molar-refractivity contribution in [1.82, 2.24) is 0 Å². The predicted octanol–water partition coefficient (Wildman–Crippen LogP) is 1.91. The largest absolute Gasteiger partial charge is 0.469 e. The van der Waals surface area contributed by atoms with E-state index in [-0.39, 0.29) is 13.0 Å². The molecule has 0 aromatic heterocycles. The Bertz CT molecular complexity index is 467. The van der Waals surface area contributed by atoms with Crippen LogP contribution in [0.5, 0.6) is 0 Å². The molecule has 0 amide bonds. The molecule has 19 heavy (non-hydrogen) atoms. The van der Waals surface area contributed by atoms with Crippen LogP contribution < -0.4 is 0 Å². The number of carbonyl (C=O) groups excluding carboxylic acids is 1. The van der Waals surface area contributed by atoms with Crippen LogP contribution in [0.25, 0.3) is 0 Å². The molecule has 2 N–H and O–H groups in total. The fourth-order valence-corrected chi connectivity index (χ4v) is 1.81. The number of rotatable bonds is 7. The molecule has 1 aromatic rings. The molecule has 0 aliphatic heterocycles. The van der Waals surface area contributed by atoms with Crippen molar-refractivity contribution in [1.29, 1.82) is 0 Å². The SMILES string of the molecule is CCCOC(=O)c1ccccc1CCOP(=O)(O)O. The Labute approximate surface area is 111 Å². The van der Waals surface area contributed by atoms with Gasteiger partial charge in [0.2, 0.25) is 0 Å². The van der Waals surface area contributed by atoms with Gasteiger partial charge in [-0.25, -0.2) is 9.36 Å². The lowest BCUT2D eigenvalue weighted by atomic mass is 10.1. The first-order chi connectivity index (χ1) is 8.94. The minimum Gasteiger partial charge on any atom is -0.462 e. The molecule has 1 aromatic carbocycles. The Morgan fingerprint density at radius 2 is 1.95 bits per heavy atom. The van der Waals surface area contributed by atoms with Gasteiger partial charge in [-0.05, 0) is 24.5 Å². The lowest BCUT2D eigenvalue weighted by Gasteiger charge is -2.09. The van der Waals surface area contributed by atoms with Crippen LogP contribution in [-0.2, 0) is 20.2 Å². The van der Waals surface area contributed by atoms with Gasteiger partial charge in [0.25, 0.3) is 0 Å². The van der Waals surface area contributed by atoms with Crippen molar-refractivity contribution in [2.75, 3.05) is 13.2 Å². The number of hydrogen-bond acceptors (Lipinski definition) is 4. The highest BCUT2D eigenvalue weighted by Gasteiger charge is 2.15. The molecular formula is C12H17O6P. The van der Waals surface area contributed by atoms with Gasteiger partial charge in [0.05, 0.1) is 18.8 Å². The molecule has 1 rings (SSSR count). The highest BCUT2D eigenvalue weighted by atomic mass is 31.2. The first-order valence-electron chi connectivity index (χ1n) is 5.89. The zero-order valence-electron chi connectivity index (χ0n) is 10.6. The van der Waals surface area contributed by atoms with Gasteiger partial charge >= 0.3 is 13.8 Å². The van der Waals surface area contributed by atoms with E-state index in [1.807, 2.05) is 6.92 Å². The summed E-state index contributed by atoms with van der Waals surface area (Å²) in [6.45, 7) is 2.07. The third kappa shape index (κ3) is 5.98. The molecule has 0 aliphatic carbocycles. The summed E-state index contributed by atoms with van der Waals surface area (Å²) in [5.41, 5.74) is 1.03. The van der Waals surface area contributed by atoms with Gasteiger partial charge in [-0.1, -0.05) is 25.1 Å². The Kier molecular flexibility index (Phi) is 6.18. The maximum atomic E-state index is 11.8. The van der Waals surface area contributed by atoms with Crippen LogP contribution in [0.1, 0.15) is 29.3 Å². The van der Waals surface area contributed by atoms with Crippen molar-refractivity contribution in [3.8, 4) is 0 Å². The molecular weight excluding hydrogens is 271 g/mol. The molecule has 0 fully saturated rings. The Hall–Kier alpha value is -1.20. The van der Waals surface area contributed by atoms with Gasteiger partial charge < -0.3 is 14.5 Å². The third-order valence-corrected chi connectivity index (χ3v) is 2.82. The summed E-state index contributed by atoms with van der Waals surface area (Å²) < 4.78 is 20.0. The number of esters is 1. The standard InChI is InChI=1S/C12H17O6P/c1-2-8-17-12(13)11-6-4-3-5-10(11)7-9-18-19(14,15)16/h3-6H,2,7-9H2,1H3,(H2,14,15,16). The molecule has 0 saturated heterocycles. The fraction of sp³-hybridized carbons (Fsp3) is 0.417. The summed E-state index contributed by atoms with van der Waals surface area (Å²) in [6, 6.07) is 6.76. The van der Waals surface area contributed by atoms with Crippen molar-refractivity contribution in [3.05, 3.63) is 35.4 Å². The van der Waals surface area contributed by atoms with Crippen molar-refractivity contribution in [2.24, 2.45) is 0 Å². The first-order valence-corrected chi connectivity index (χ1v) is 7.42. The van der Waals surface area contributed by atoms with Crippen LogP contribution in [0, 0.1) is 0 Å². The van der Waals surface area contributed by atoms with E-state index >= 15 is 0 Å². The summed E-state index contributed by atoms with van der Waals surface area (Å²) in [6.07, 6.45) is 0.956. The molecule has 0 radical (unpaired) electrons. The molecule has 106 valence electrons. The highest BCUT2D eigenvalue weighted by Crippen LogP contribution is 2.35. The molecule has 0 atom stereocenters. The lowest BCUT2D eigenvalue weighted by Crippen LogP contribution is -2.10. The molecule has 0 unspecified atom stereocenters. The van der Waals surface area contributed by atoms with E-state index in [9.17, 15) is 9.36 Å². The average Bonchev–Trinajstić information content (AvgIpc) is 2.35. The minimum atomic E-state index is -4.48. The molecule has 0 bridgehead atoms. The maximum absolute atomic E-state index is 11.8. The van der Waals surface area contributed by atoms with Gasteiger partial charge in [0.1, 0.15) is 0 Å². The van der Waals surface area contributed by atoms with Crippen molar-refractivity contribution in [2.45, 2.75) is 19.8 Å². The quantitative estimate of drug-likeness (QED) is 0.588. The number of phosphoric ester groups is 1. The number of benzene rings is 1. The Morgan fingerprint density at radius 1 is 1.26 bits per heavy atom. The molecule has 7 heteroatoms. The summed E-state index contributed by atoms with van der Waals surface area (Å²) >= 11 is 0. The van der Waals surface area contributed by atoms with Gasteiger partial charge in [-0.2, -0.15) is 0 Å². The lowest BCUT2D eigenvalue weighted by molar-refractivity contribution is 0.0503. The van der Waals surface area contributed by atoms with Crippen LogP contribution in [-0.4, -0.2) is 29.0 Å². The van der Waals surface area contributed by atoms with E-state index in [4.69, 9.17) is 14.5 Å². The summed E-state index contributed by atoms with van der Waals surface area (Å²) in [4.78, 5) is 28.9. The van der Waals surface area contributed by atoms with E-state index in [0.29, 0.717) is 17.7 Å². The zero-order chi connectivity index (χ0) is 14.3. The van der Waals surface area contributed by atoms with Crippen LogP contribution in [0.4, 0.5) is 0 Å². The van der Waals surface area contributed by atoms with Gasteiger partial charge in [-0.3, -0.25) is 4.52 Å². The van der Waals surface area contributed by atoms with Crippen molar-refractivity contribution in [3.63, 3.8) is 0 Å². The van der Waals surface area contributed by atoms with Gasteiger partial charge in [0.15, 0.2) is 0 Å². The Balaban J connectivity index is 2.67. The smallest absolute Gasteiger partial charge is 0.462 e. The second kappa shape index (κ2) is 7.40. The predicted molar refractivity (Wildman–Crippen MR) is 68.7 cm³/mol. The normalized spacial score (nSPS) is 11.3. The van der Waals surface area contributed by atoms with Crippen molar-refractivity contribution < 1.29 is 28.4 Å². The van der Waals surface area contributed by atoms with Crippen LogP contribution in [0.3, 0.4) is 0 Å². The number of hydrogen-bond donors (Lipinski definition) is 2. The average molecular weight is 288 g/mol. The summed E-state index contributed by atoms with van der Waals surface area (Å²) in [5, 5.41) is 0. The van der Waals surface area contributed by atoms with E-state index < -0.39 is 13.8 Å². The van der Waals surface area contributed by atoms with E-state index in [2.05, 4.69) is 4.52 Å². The van der Waals surface area contributed by atoms with Crippen LogP contribution >= 0.6 is 7.82 Å². The fourth-order valence-electron chi connectivity index (χ4n) is 1.48. The maximum Gasteiger partial charge on any atom is 0.469 e. The molecule has 0 aliphatic rings. The van der Waals surface area contributed by atoms with Gasteiger partial charge in [0, 0.05) is 0 Å². The summed E-state index contributed by atoms with van der Waals surface area (Å²) in [5.74, 6) is -0.436. The van der Waals surface area contributed by atoms with Crippen LogP contribution in [0.2, 0.25) is 0 Å². The molecule has 0 heterocycles. The van der Waals surface area contributed by atoms with E-state index in [1.165, 1.54) is 0 Å². The van der Waals surface area contributed by atoms with Crippen molar-refractivity contribution >= 4 is 13.8 Å². The first kappa shape index (κ1) is 15.9. The van der Waals surface area contributed by atoms with Gasteiger partial charge in [-0.15, -0.1) is 0 Å². The second-order valence-corrected chi connectivity index (χ2v) is 5.11. The van der Waals surface area contributed by atoms with E-state index in [1.54, 1.807) is 24.3 Å². The minimum absolute atomic E-state index is 0.164. The summed E-state index contributed by atoms with van der Waals surface area (Å²) in [7, 11) is -4.48. The third-order valence-electron chi connectivity index (χ3n) is 2.31. The number of carbonyl (C=O) groups is 1. The van der Waals surface area contributed by atoms with E-state index in [0.717, 1.165) is 6.42 Å². The van der Waals surface area contributed by atoms with Crippen LogP contribution in [0.15, 0.2) is 24.3 Å². The Morgan fingerprint density at radius 3 is 2.58 bits per heavy atom. The number of phosphoric acid groups is 1. The topological polar surface area (TPSA) is 93.1 Å². The molecule has 0 saturated carbocycles. The molecule has 0 spiro atoms. The monoisotopic (exact) mass is 288 g/mol.